The number of carbonyl (C=O) groups is 3. The predicted molar refractivity (Wildman–Crippen MR) is 129 cm³/mol. The number of fused-ring (bicyclic) bond motifs is 1. The Labute approximate surface area is 221 Å². The van der Waals surface area contributed by atoms with E-state index in [9.17, 15) is 41.8 Å². The zero-order chi connectivity index (χ0) is 28.3. The van der Waals surface area contributed by atoms with Gasteiger partial charge in [-0.25, -0.2) is 8.78 Å². The van der Waals surface area contributed by atoms with E-state index in [0.29, 0.717) is 5.39 Å². The number of benzene rings is 2. The molecule has 3 aromatic rings. The van der Waals surface area contributed by atoms with Gasteiger partial charge in [-0.05, 0) is 30.0 Å². The van der Waals surface area contributed by atoms with Gasteiger partial charge < -0.3 is 19.7 Å². The van der Waals surface area contributed by atoms with Crippen LogP contribution in [0.25, 0.3) is 10.8 Å². The summed E-state index contributed by atoms with van der Waals surface area (Å²) in [7, 11) is 0. The Balaban J connectivity index is 1.85. The summed E-state index contributed by atoms with van der Waals surface area (Å²) in [4.78, 5) is 50.0. The van der Waals surface area contributed by atoms with E-state index >= 15 is 0 Å². The molecule has 0 spiro atoms. The lowest BCUT2D eigenvalue weighted by molar-refractivity contribution is -0.140. The van der Waals surface area contributed by atoms with Gasteiger partial charge in [0, 0.05) is 17.6 Å². The molecule has 2 aromatic carbocycles. The topological polar surface area (TPSA) is 115 Å². The maximum Gasteiger partial charge on any atom is 0.305 e. The van der Waals surface area contributed by atoms with Crippen LogP contribution in [0.15, 0.2) is 35.3 Å². The van der Waals surface area contributed by atoms with Crippen LogP contribution in [0.1, 0.15) is 25.8 Å². The van der Waals surface area contributed by atoms with Crippen LogP contribution in [-0.4, -0.2) is 40.0 Å². The molecule has 0 saturated heterocycles. The molecular weight excluding hydrogens is 559 g/mol. The smallest absolute Gasteiger partial charge is 0.305 e. The van der Waals surface area contributed by atoms with E-state index in [-0.39, 0.29) is 27.9 Å². The second kappa shape index (κ2) is 11.8. The highest BCUT2D eigenvalue weighted by Gasteiger charge is 2.30. The maximum atomic E-state index is 13.8. The van der Waals surface area contributed by atoms with Crippen molar-refractivity contribution in [3.05, 3.63) is 74.1 Å². The molecular formula is C24H18Cl2F4N2O6. The largest absolute Gasteiger partial charge is 0.481 e. The van der Waals surface area contributed by atoms with E-state index in [1.165, 1.54) is 24.4 Å². The number of halogens is 6. The Bertz CT molecular complexity index is 1470. The summed E-state index contributed by atoms with van der Waals surface area (Å²) in [6.07, 6.45) is 0.374. The first-order valence-corrected chi connectivity index (χ1v) is 11.6. The molecule has 2 N–H and O–H groups in total. The van der Waals surface area contributed by atoms with Crippen molar-refractivity contribution in [3.8, 4) is 5.75 Å². The fraction of sp³-hybridized carbons (Fsp3) is 0.250. The number of ether oxygens (including phenoxy) is 1. The molecule has 0 aliphatic carbocycles. The first-order valence-electron chi connectivity index (χ1n) is 10.9. The lowest BCUT2D eigenvalue weighted by atomic mass is 10.1. The average Bonchev–Trinajstić information content (AvgIpc) is 2.85. The van der Waals surface area contributed by atoms with Crippen molar-refractivity contribution in [2.75, 3.05) is 6.61 Å². The van der Waals surface area contributed by atoms with E-state index < -0.39 is 77.3 Å². The molecule has 38 heavy (non-hydrogen) atoms. The first kappa shape index (κ1) is 28.9. The molecule has 1 aromatic heterocycles. The third kappa shape index (κ3) is 6.08. The fourth-order valence-corrected chi connectivity index (χ4v) is 3.95. The van der Waals surface area contributed by atoms with Gasteiger partial charge >= 0.3 is 5.97 Å². The number of hydrogen-bond donors (Lipinski definition) is 2. The molecule has 1 amide bonds. The number of aromatic nitrogens is 1. The van der Waals surface area contributed by atoms with Gasteiger partial charge in [0.2, 0.25) is 17.5 Å². The Morgan fingerprint density at radius 1 is 1.05 bits per heavy atom. The van der Waals surface area contributed by atoms with Crippen LogP contribution in [0.3, 0.4) is 0 Å². The number of carbonyl (C=O) groups excluding carboxylic acids is 2. The maximum absolute atomic E-state index is 13.8. The van der Waals surface area contributed by atoms with Crippen LogP contribution in [0.5, 0.6) is 5.75 Å². The molecule has 0 unspecified atom stereocenters. The summed E-state index contributed by atoms with van der Waals surface area (Å²) < 4.78 is 60.1. The van der Waals surface area contributed by atoms with Gasteiger partial charge in [-0.1, -0.05) is 30.1 Å². The lowest BCUT2D eigenvalue weighted by Gasteiger charge is -2.22. The number of aliphatic carboxylic acids is 1. The molecule has 0 radical (unpaired) electrons. The quantitative estimate of drug-likeness (QED) is 0.273. The first-order chi connectivity index (χ1) is 17.8. The Kier molecular flexibility index (Phi) is 9.00. The third-order valence-electron chi connectivity index (χ3n) is 5.51. The number of nitrogens with one attached hydrogen (secondary N) is 1. The number of rotatable bonds is 10. The summed E-state index contributed by atoms with van der Waals surface area (Å²) in [6.45, 7) is 0.317. The molecule has 1 heterocycles. The zero-order valence-corrected chi connectivity index (χ0v) is 20.9. The summed E-state index contributed by atoms with van der Waals surface area (Å²) in [5, 5.41) is 12.3. The van der Waals surface area contributed by atoms with Crippen molar-refractivity contribution in [1.82, 2.24) is 9.88 Å². The molecule has 202 valence electrons. The number of carboxylic acid groups (broad SMARTS) is 1. The number of nitrogens with zero attached hydrogens (tertiary/aromatic N) is 1. The van der Waals surface area contributed by atoms with Gasteiger partial charge in [-0.2, -0.15) is 8.78 Å². The van der Waals surface area contributed by atoms with E-state index in [2.05, 4.69) is 10.1 Å². The molecule has 2 atom stereocenters. The van der Waals surface area contributed by atoms with Crippen molar-refractivity contribution < 1.29 is 41.8 Å². The third-order valence-corrected chi connectivity index (χ3v) is 6.23. The second-order valence-corrected chi connectivity index (χ2v) is 8.83. The van der Waals surface area contributed by atoms with Crippen molar-refractivity contribution in [2.24, 2.45) is 0 Å². The monoisotopic (exact) mass is 576 g/mol. The summed E-state index contributed by atoms with van der Waals surface area (Å²) in [5.74, 6) is -12.5. The van der Waals surface area contributed by atoms with Gasteiger partial charge in [0.25, 0.3) is 5.56 Å². The number of carboxylic acids is 1. The van der Waals surface area contributed by atoms with Crippen molar-refractivity contribution in [1.29, 1.82) is 0 Å². The Morgan fingerprint density at radius 3 is 2.24 bits per heavy atom. The highest BCUT2D eigenvalue weighted by Crippen LogP contribution is 2.28. The number of Topliss-reactive ketones (excluding diaryl/α,β-unsaturated/α-hetero) is 1. The zero-order valence-electron chi connectivity index (χ0n) is 19.4. The number of amides is 1. The predicted octanol–water partition coefficient (Wildman–Crippen LogP) is 4.42. The van der Waals surface area contributed by atoms with Gasteiger partial charge in [0.05, 0.1) is 16.5 Å². The van der Waals surface area contributed by atoms with Gasteiger partial charge in [0.15, 0.2) is 23.2 Å². The summed E-state index contributed by atoms with van der Waals surface area (Å²) in [6, 6.07) is 1.24. The Hall–Kier alpha value is -3.64. The van der Waals surface area contributed by atoms with Crippen molar-refractivity contribution in [3.63, 3.8) is 0 Å². The Morgan fingerprint density at radius 2 is 1.66 bits per heavy atom. The molecule has 3 rings (SSSR count). The number of hydrogen-bond acceptors (Lipinski definition) is 5. The standard InChI is InChI=1S/C24H18Cl2F4N2O6/c1-2-17(32-4-3-10-5-12(25)13(26)6-11(10)24(32)37)23(36)31-16(8-19(34)35)18(33)9-38-22-20(29)14(27)7-15(28)21(22)30/h3-7,16-17H,2,8-9H2,1H3,(H,31,36)(H,34,35)/t16-,17-/m0/s1. The molecule has 0 saturated carbocycles. The van der Waals surface area contributed by atoms with Gasteiger partial charge in [-0.15, -0.1) is 0 Å². The minimum atomic E-state index is -1.90. The average molecular weight is 577 g/mol. The molecule has 0 bridgehead atoms. The van der Waals surface area contributed by atoms with Crippen molar-refractivity contribution in [2.45, 2.75) is 31.8 Å². The van der Waals surface area contributed by atoms with E-state index in [1.54, 1.807) is 6.92 Å². The summed E-state index contributed by atoms with van der Waals surface area (Å²) >= 11 is 12.0. The second-order valence-electron chi connectivity index (χ2n) is 8.02. The minimum Gasteiger partial charge on any atom is -0.481 e. The van der Waals surface area contributed by atoms with Crippen LogP contribution in [-0.2, 0) is 14.4 Å². The highest BCUT2D eigenvalue weighted by atomic mass is 35.5. The van der Waals surface area contributed by atoms with Crippen LogP contribution >= 0.6 is 23.2 Å². The fourth-order valence-electron chi connectivity index (χ4n) is 3.62. The number of pyridine rings is 1. The van der Waals surface area contributed by atoms with Crippen LogP contribution < -0.4 is 15.6 Å². The molecule has 0 fully saturated rings. The van der Waals surface area contributed by atoms with E-state index in [1.807, 2.05) is 0 Å². The lowest BCUT2D eigenvalue weighted by Crippen LogP contribution is -2.47. The van der Waals surface area contributed by atoms with Crippen LogP contribution in [0.4, 0.5) is 17.6 Å². The minimum absolute atomic E-state index is 0.0298. The summed E-state index contributed by atoms with van der Waals surface area (Å²) in [5.41, 5.74) is -0.619. The SMILES string of the molecule is CC[C@@H](C(=O)N[C@@H](CC(=O)O)C(=O)COc1c(F)c(F)cc(F)c1F)n1ccc2cc(Cl)c(Cl)cc2c1=O. The molecule has 0 aliphatic heterocycles. The van der Waals surface area contributed by atoms with Gasteiger partial charge in [0.1, 0.15) is 18.7 Å². The van der Waals surface area contributed by atoms with Crippen LogP contribution in [0.2, 0.25) is 10.0 Å². The van der Waals surface area contributed by atoms with E-state index in [4.69, 9.17) is 23.2 Å². The van der Waals surface area contributed by atoms with Crippen LogP contribution in [0, 0.1) is 23.3 Å². The molecule has 14 heteroatoms. The normalized spacial score (nSPS) is 12.7. The molecule has 0 aliphatic rings. The van der Waals surface area contributed by atoms with Crippen molar-refractivity contribution >= 4 is 51.6 Å². The highest BCUT2D eigenvalue weighted by molar-refractivity contribution is 6.42. The number of ketones is 1. The van der Waals surface area contributed by atoms with E-state index in [0.717, 1.165) is 4.57 Å². The molecule has 8 nitrogen and oxygen atoms in total. The van der Waals surface area contributed by atoms with Gasteiger partial charge in [-0.3, -0.25) is 19.2 Å².